The molecule has 3 heterocycles. The van der Waals surface area contributed by atoms with Crippen molar-refractivity contribution < 1.29 is 14.7 Å². The van der Waals surface area contributed by atoms with Crippen LogP contribution in [0.25, 0.3) is 27.9 Å². The second-order valence-corrected chi connectivity index (χ2v) is 11.9. The zero-order valence-electron chi connectivity index (χ0n) is 24.9. The molecule has 3 aliphatic rings. The second kappa shape index (κ2) is 10.6. The standard InChI is InChI=1S/C38H32N4O3/c1-2-40-32-16-7-6-13-27(32)29-20-19-26(23-35(29)40)41-33-17-9-14-28(33)31-22-24(18-21-34(31)41)10-8-15-30-36(38(44)45)39-42(37(30)43)25-11-4-3-5-12-25/h3-8,10-13,15-16,18-23,28,33H,2,9,14,17H2,1H3,(H,44,45)/b10-8+,30-15-. The number of fused-ring (bicyclic) bond motifs is 6. The molecule has 2 unspecified atom stereocenters. The van der Waals surface area contributed by atoms with Gasteiger partial charge in [-0.15, -0.1) is 0 Å². The Morgan fingerprint density at radius 1 is 0.911 bits per heavy atom. The molecule has 222 valence electrons. The number of aliphatic carboxylic acids is 1. The maximum atomic E-state index is 13.1. The van der Waals surface area contributed by atoms with Gasteiger partial charge in [0.2, 0.25) is 0 Å². The van der Waals surface area contributed by atoms with Crippen LogP contribution in [0.4, 0.5) is 17.1 Å². The van der Waals surface area contributed by atoms with Crippen LogP contribution in [0.15, 0.2) is 114 Å². The topological polar surface area (TPSA) is 78.1 Å². The number of carbonyl (C=O) groups excluding carboxylic acids is 1. The quantitative estimate of drug-likeness (QED) is 0.203. The number of hydrogen-bond donors (Lipinski definition) is 1. The average Bonchev–Trinajstić information content (AvgIpc) is 3.81. The molecule has 7 heteroatoms. The van der Waals surface area contributed by atoms with Gasteiger partial charge in [-0.1, -0.05) is 67.1 Å². The molecule has 0 bridgehead atoms. The first-order valence-electron chi connectivity index (χ1n) is 15.6. The summed E-state index contributed by atoms with van der Waals surface area (Å²) in [5, 5.41) is 17.6. The Hall–Kier alpha value is -5.43. The molecule has 2 aliphatic heterocycles. The number of aromatic nitrogens is 1. The van der Waals surface area contributed by atoms with Crippen molar-refractivity contribution in [3.63, 3.8) is 0 Å². The van der Waals surface area contributed by atoms with Crippen LogP contribution in [0.5, 0.6) is 0 Å². The highest BCUT2D eigenvalue weighted by Crippen LogP contribution is 2.53. The van der Waals surface area contributed by atoms with E-state index in [1.54, 1.807) is 36.4 Å². The summed E-state index contributed by atoms with van der Waals surface area (Å²) in [5.74, 6) is -1.23. The fourth-order valence-corrected chi connectivity index (χ4v) is 7.57. The van der Waals surface area contributed by atoms with E-state index in [2.05, 4.69) is 82.2 Å². The molecule has 0 spiro atoms. The summed E-state index contributed by atoms with van der Waals surface area (Å²) in [4.78, 5) is 27.6. The molecule has 0 radical (unpaired) electrons. The Kier molecular flexibility index (Phi) is 6.41. The minimum atomic E-state index is -1.23. The van der Waals surface area contributed by atoms with E-state index in [1.165, 1.54) is 45.2 Å². The van der Waals surface area contributed by atoms with Gasteiger partial charge in [0, 0.05) is 46.2 Å². The SMILES string of the molecule is CCn1c2ccccc2c2ccc(N3c4ccc(/C=C/C=C5\C(=O)N(c6ccccc6)N=C5C(=O)O)cc4C4CCCC43)cc21. The lowest BCUT2D eigenvalue weighted by atomic mass is 9.96. The maximum Gasteiger partial charge on any atom is 0.357 e. The molecule has 7 nitrogen and oxygen atoms in total. The lowest BCUT2D eigenvalue weighted by Crippen LogP contribution is -2.26. The van der Waals surface area contributed by atoms with E-state index in [-0.39, 0.29) is 11.3 Å². The fourth-order valence-electron chi connectivity index (χ4n) is 7.57. The summed E-state index contributed by atoms with van der Waals surface area (Å²) >= 11 is 0. The number of para-hydroxylation sites is 2. The normalized spacial score (nSPS) is 20.2. The van der Waals surface area contributed by atoms with E-state index in [4.69, 9.17) is 0 Å². The summed E-state index contributed by atoms with van der Waals surface area (Å²) in [6, 6.07) is 31.4. The smallest absolute Gasteiger partial charge is 0.357 e. The van der Waals surface area contributed by atoms with E-state index >= 15 is 0 Å². The minimum absolute atomic E-state index is 0.0608. The number of carbonyl (C=O) groups is 2. The molecular weight excluding hydrogens is 560 g/mol. The fraction of sp³-hybridized carbons (Fsp3) is 0.184. The number of carboxylic acid groups (broad SMARTS) is 1. The highest BCUT2D eigenvalue weighted by atomic mass is 16.4. The maximum absolute atomic E-state index is 13.1. The molecule has 5 aromatic rings. The van der Waals surface area contributed by atoms with Crippen molar-refractivity contribution in [2.75, 3.05) is 9.91 Å². The number of nitrogens with zero attached hydrogens (tertiary/aromatic N) is 4. The average molecular weight is 593 g/mol. The van der Waals surface area contributed by atoms with Crippen LogP contribution in [-0.4, -0.2) is 33.3 Å². The number of aryl methyl sites for hydroxylation is 1. The van der Waals surface area contributed by atoms with Gasteiger partial charge in [0.15, 0.2) is 5.71 Å². The summed E-state index contributed by atoms with van der Waals surface area (Å²) in [7, 11) is 0. The van der Waals surface area contributed by atoms with Gasteiger partial charge in [0.05, 0.1) is 16.8 Å². The molecule has 0 saturated heterocycles. The number of hydrogen-bond acceptors (Lipinski definition) is 4. The summed E-state index contributed by atoms with van der Waals surface area (Å²) in [6.45, 7) is 3.12. The van der Waals surface area contributed by atoms with Crippen molar-refractivity contribution in [3.8, 4) is 0 Å². The largest absolute Gasteiger partial charge is 0.476 e. The highest BCUT2D eigenvalue weighted by molar-refractivity contribution is 6.52. The number of rotatable bonds is 6. The molecule has 2 atom stereocenters. The Morgan fingerprint density at radius 3 is 2.53 bits per heavy atom. The molecular formula is C38H32N4O3. The van der Waals surface area contributed by atoms with Crippen molar-refractivity contribution in [2.24, 2.45) is 5.10 Å². The van der Waals surface area contributed by atoms with Crippen molar-refractivity contribution >= 4 is 62.5 Å². The number of amides is 1. The summed E-state index contributed by atoms with van der Waals surface area (Å²) in [6.07, 6.45) is 8.75. The Bertz CT molecular complexity index is 2110. The number of carboxylic acids is 1. The second-order valence-electron chi connectivity index (χ2n) is 11.9. The third-order valence-corrected chi connectivity index (χ3v) is 9.51. The Balaban J connectivity index is 1.12. The van der Waals surface area contributed by atoms with Crippen LogP contribution in [0.1, 0.15) is 43.2 Å². The number of benzene rings is 4. The lowest BCUT2D eigenvalue weighted by Gasteiger charge is -2.27. The van der Waals surface area contributed by atoms with Crippen LogP contribution in [0.3, 0.4) is 0 Å². The van der Waals surface area contributed by atoms with Crippen molar-refractivity contribution in [1.82, 2.24) is 4.57 Å². The van der Waals surface area contributed by atoms with Gasteiger partial charge < -0.3 is 14.6 Å². The van der Waals surface area contributed by atoms with E-state index in [0.717, 1.165) is 30.0 Å². The number of hydrazone groups is 1. The molecule has 8 rings (SSSR count). The van der Waals surface area contributed by atoms with Gasteiger partial charge in [-0.25, -0.2) is 4.79 Å². The molecule has 1 saturated carbocycles. The first-order valence-corrected chi connectivity index (χ1v) is 15.6. The highest BCUT2D eigenvalue weighted by Gasteiger charge is 2.42. The third-order valence-electron chi connectivity index (χ3n) is 9.51. The van der Waals surface area contributed by atoms with E-state index < -0.39 is 11.9 Å². The Morgan fingerprint density at radius 2 is 1.71 bits per heavy atom. The summed E-state index contributed by atoms with van der Waals surface area (Å²) < 4.78 is 2.41. The van der Waals surface area contributed by atoms with Crippen molar-refractivity contribution in [3.05, 3.63) is 120 Å². The van der Waals surface area contributed by atoms with Gasteiger partial charge in [-0.3, -0.25) is 4.79 Å². The Labute approximate surface area is 261 Å². The van der Waals surface area contributed by atoms with Crippen LogP contribution in [0.2, 0.25) is 0 Å². The van der Waals surface area contributed by atoms with E-state index in [9.17, 15) is 14.7 Å². The molecule has 1 aromatic heterocycles. The van der Waals surface area contributed by atoms with Gasteiger partial charge in [0.1, 0.15) is 0 Å². The van der Waals surface area contributed by atoms with Gasteiger partial charge in [-0.05, 0) is 79.4 Å². The molecule has 1 N–H and O–H groups in total. The first kappa shape index (κ1) is 27.1. The summed E-state index contributed by atoms with van der Waals surface area (Å²) in [5.41, 5.74) is 7.71. The molecule has 4 aromatic carbocycles. The molecule has 1 amide bonds. The lowest BCUT2D eigenvalue weighted by molar-refractivity contribution is -0.129. The van der Waals surface area contributed by atoms with Crippen molar-refractivity contribution in [2.45, 2.75) is 44.7 Å². The zero-order valence-corrected chi connectivity index (χ0v) is 24.9. The number of allylic oxidation sites excluding steroid dienone is 2. The van der Waals surface area contributed by atoms with Crippen LogP contribution >= 0.6 is 0 Å². The predicted octanol–water partition coefficient (Wildman–Crippen LogP) is 8.03. The zero-order chi connectivity index (χ0) is 30.7. The van der Waals surface area contributed by atoms with E-state index in [1.807, 2.05) is 12.1 Å². The van der Waals surface area contributed by atoms with Crippen molar-refractivity contribution in [1.29, 1.82) is 0 Å². The van der Waals surface area contributed by atoms with Crippen LogP contribution in [0, 0.1) is 0 Å². The monoisotopic (exact) mass is 592 g/mol. The van der Waals surface area contributed by atoms with Crippen LogP contribution < -0.4 is 9.91 Å². The minimum Gasteiger partial charge on any atom is -0.476 e. The van der Waals surface area contributed by atoms with E-state index in [0.29, 0.717) is 17.6 Å². The van der Waals surface area contributed by atoms with Gasteiger partial charge in [-0.2, -0.15) is 10.1 Å². The third kappa shape index (κ3) is 4.30. The molecule has 45 heavy (non-hydrogen) atoms. The predicted molar refractivity (Wildman–Crippen MR) is 180 cm³/mol. The van der Waals surface area contributed by atoms with Gasteiger partial charge in [0.25, 0.3) is 5.91 Å². The number of anilines is 3. The molecule has 1 aliphatic carbocycles. The van der Waals surface area contributed by atoms with Crippen LogP contribution in [-0.2, 0) is 16.1 Å². The van der Waals surface area contributed by atoms with Gasteiger partial charge >= 0.3 is 5.97 Å². The first-order chi connectivity index (χ1) is 22.0. The molecule has 1 fully saturated rings.